The summed E-state index contributed by atoms with van der Waals surface area (Å²) in [6.07, 6.45) is 14.5. The molecule has 0 heterocycles. The van der Waals surface area contributed by atoms with E-state index in [2.05, 4.69) is 13.8 Å². The van der Waals surface area contributed by atoms with Crippen molar-refractivity contribution >= 4 is 0 Å². The van der Waals surface area contributed by atoms with Crippen LogP contribution in [0.3, 0.4) is 0 Å². The van der Waals surface area contributed by atoms with Crippen LogP contribution >= 0.6 is 0 Å². The summed E-state index contributed by atoms with van der Waals surface area (Å²) in [6, 6.07) is 6.48. The van der Waals surface area contributed by atoms with E-state index in [0.717, 1.165) is 6.42 Å². The summed E-state index contributed by atoms with van der Waals surface area (Å²) in [5.74, 6) is -0.356. The molecule has 2 nitrogen and oxygen atoms in total. The van der Waals surface area contributed by atoms with Gasteiger partial charge in [-0.2, -0.15) is 5.26 Å². The predicted molar refractivity (Wildman–Crippen MR) is 102 cm³/mol. The first-order valence-electron chi connectivity index (χ1n) is 9.97. The molecular weight excluding hydrogens is 313 g/mol. The Balaban J connectivity index is 2.02. The summed E-state index contributed by atoms with van der Waals surface area (Å²) in [5, 5.41) is 8.75. The molecule has 1 aromatic rings. The van der Waals surface area contributed by atoms with E-state index >= 15 is 0 Å². The van der Waals surface area contributed by atoms with E-state index in [0.29, 0.717) is 11.1 Å². The van der Waals surface area contributed by atoms with Gasteiger partial charge in [0.25, 0.3) is 0 Å². The minimum absolute atomic E-state index is 0.143. The van der Waals surface area contributed by atoms with Gasteiger partial charge in [0.15, 0.2) is 0 Å². The molecule has 0 aliphatic rings. The molecule has 0 spiro atoms. The highest BCUT2D eigenvalue weighted by atomic mass is 19.1. The quantitative estimate of drug-likeness (QED) is 0.342. The van der Waals surface area contributed by atoms with Gasteiger partial charge in [-0.1, -0.05) is 77.2 Å². The third-order valence-corrected chi connectivity index (χ3v) is 4.67. The Hall–Kier alpha value is -1.40. The molecule has 3 heteroatoms. The Morgan fingerprint density at radius 3 is 2.16 bits per heavy atom. The second-order valence-corrected chi connectivity index (χ2v) is 7.01. The van der Waals surface area contributed by atoms with Crippen LogP contribution in [0.25, 0.3) is 0 Å². The Kier molecular flexibility index (Phi) is 12.0. The average Bonchev–Trinajstić information content (AvgIpc) is 2.62. The van der Waals surface area contributed by atoms with E-state index in [9.17, 15) is 4.39 Å². The zero-order valence-corrected chi connectivity index (χ0v) is 16.0. The SMILES string of the molecule is CCCCCCCCCCCC[C@@H](C)OCc1ccc(C#N)cc1F. The number of nitriles is 1. The number of halogens is 1. The fourth-order valence-corrected chi connectivity index (χ4v) is 2.97. The minimum Gasteiger partial charge on any atom is -0.374 e. The number of ether oxygens (including phenoxy) is 1. The van der Waals surface area contributed by atoms with Crippen molar-refractivity contribution in [1.82, 2.24) is 0 Å². The van der Waals surface area contributed by atoms with E-state index < -0.39 is 0 Å². The van der Waals surface area contributed by atoms with Gasteiger partial charge in [-0.15, -0.1) is 0 Å². The molecule has 0 amide bonds. The van der Waals surface area contributed by atoms with Crippen molar-refractivity contribution in [3.8, 4) is 6.07 Å². The first-order valence-corrected chi connectivity index (χ1v) is 9.97. The Bertz CT molecular complexity index is 509. The van der Waals surface area contributed by atoms with Gasteiger partial charge in [0, 0.05) is 5.56 Å². The lowest BCUT2D eigenvalue weighted by Gasteiger charge is -2.13. The van der Waals surface area contributed by atoms with E-state index in [-0.39, 0.29) is 18.5 Å². The van der Waals surface area contributed by atoms with Crippen LogP contribution in [0.2, 0.25) is 0 Å². The van der Waals surface area contributed by atoms with Crippen molar-refractivity contribution in [3.63, 3.8) is 0 Å². The first-order chi connectivity index (χ1) is 12.2. The summed E-state index contributed by atoms with van der Waals surface area (Å²) in [5.41, 5.74) is 0.869. The first kappa shape index (κ1) is 21.6. The lowest BCUT2D eigenvalue weighted by molar-refractivity contribution is 0.0443. The molecule has 0 radical (unpaired) electrons. The maximum Gasteiger partial charge on any atom is 0.130 e. The van der Waals surface area contributed by atoms with E-state index in [1.807, 2.05) is 6.07 Å². The van der Waals surface area contributed by atoms with E-state index in [1.54, 1.807) is 12.1 Å². The van der Waals surface area contributed by atoms with Crippen LogP contribution in [0, 0.1) is 17.1 Å². The zero-order valence-electron chi connectivity index (χ0n) is 16.0. The molecule has 0 N–H and O–H groups in total. The lowest BCUT2D eigenvalue weighted by atomic mass is 10.0. The van der Waals surface area contributed by atoms with Gasteiger partial charge >= 0.3 is 0 Å². The molecule has 0 aromatic heterocycles. The molecule has 25 heavy (non-hydrogen) atoms. The van der Waals surface area contributed by atoms with Crippen LogP contribution in [0.5, 0.6) is 0 Å². The second-order valence-electron chi connectivity index (χ2n) is 7.01. The monoisotopic (exact) mass is 347 g/mol. The Morgan fingerprint density at radius 1 is 1.00 bits per heavy atom. The number of benzene rings is 1. The van der Waals surface area contributed by atoms with Crippen LogP contribution in [0.15, 0.2) is 18.2 Å². The summed E-state index contributed by atoms with van der Waals surface area (Å²) in [6.45, 7) is 4.58. The Labute approximate surface area is 153 Å². The van der Waals surface area contributed by atoms with Crippen molar-refractivity contribution in [2.45, 2.75) is 97.2 Å². The number of rotatable bonds is 14. The maximum atomic E-state index is 13.8. The Morgan fingerprint density at radius 2 is 1.60 bits per heavy atom. The average molecular weight is 348 g/mol. The normalized spacial score (nSPS) is 12.1. The number of nitrogens with zero attached hydrogens (tertiary/aromatic N) is 1. The van der Waals surface area contributed by atoms with Crippen molar-refractivity contribution in [2.24, 2.45) is 0 Å². The summed E-state index contributed by atoms with van der Waals surface area (Å²) >= 11 is 0. The van der Waals surface area contributed by atoms with Crippen LogP contribution in [-0.4, -0.2) is 6.10 Å². The van der Waals surface area contributed by atoms with Gasteiger partial charge < -0.3 is 4.74 Å². The predicted octanol–water partition coefficient (Wildman–Crippen LogP) is 6.91. The van der Waals surface area contributed by atoms with Crippen molar-refractivity contribution in [1.29, 1.82) is 5.26 Å². The van der Waals surface area contributed by atoms with Gasteiger partial charge in [0.1, 0.15) is 5.82 Å². The standard InChI is InChI=1S/C22H34FNO/c1-3-4-5-6-7-8-9-10-11-12-13-19(2)25-18-21-15-14-20(17-24)16-22(21)23/h14-16,19H,3-13,18H2,1-2H3/t19-/m1/s1. The molecule has 0 unspecified atom stereocenters. The van der Waals surface area contributed by atoms with Crippen LogP contribution in [-0.2, 0) is 11.3 Å². The molecule has 1 aromatic carbocycles. The molecule has 140 valence electrons. The van der Waals surface area contributed by atoms with Gasteiger partial charge in [0.2, 0.25) is 0 Å². The van der Waals surface area contributed by atoms with Crippen LogP contribution < -0.4 is 0 Å². The smallest absolute Gasteiger partial charge is 0.130 e. The number of hydrogen-bond donors (Lipinski definition) is 0. The number of unbranched alkanes of at least 4 members (excludes halogenated alkanes) is 9. The molecule has 0 fully saturated rings. The largest absolute Gasteiger partial charge is 0.374 e. The van der Waals surface area contributed by atoms with Crippen molar-refractivity contribution in [2.75, 3.05) is 0 Å². The molecule has 0 aliphatic heterocycles. The van der Waals surface area contributed by atoms with Crippen LogP contribution in [0.4, 0.5) is 4.39 Å². The molecule has 1 atom stereocenters. The highest BCUT2D eigenvalue weighted by Crippen LogP contribution is 2.15. The van der Waals surface area contributed by atoms with Gasteiger partial charge in [-0.3, -0.25) is 0 Å². The van der Waals surface area contributed by atoms with Gasteiger partial charge in [0.05, 0.1) is 24.3 Å². The highest BCUT2D eigenvalue weighted by Gasteiger charge is 2.07. The van der Waals surface area contributed by atoms with Gasteiger partial charge in [-0.25, -0.2) is 4.39 Å². The molecule has 1 rings (SSSR count). The molecule has 0 saturated carbocycles. The second kappa shape index (κ2) is 13.8. The molecule has 0 saturated heterocycles. The fraction of sp³-hybridized carbons (Fsp3) is 0.682. The summed E-state index contributed by atoms with van der Waals surface area (Å²) in [4.78, 5) is 0. The van der Waals surface area contributed by atoms with Gasteiger partial charge in [-0.05, 0) is 25.5 Å². The molecule has 0 aliphatic carbocycles. The zero-order chi connectivity index (χ0) is 18.3. The third kappa shape index (κ3) is 10.2. The summed E-state index contributed by atoms with van der Waals surface area (Å²) < 4.78 is 19.5. The highest BCUT2D eigenvalue weighted by molar-refractivity contribution is 5.32. The van der Waals surface area contributed by atoms with Crippen molar-refractivity contribution in [3.05, 3.63) is 35.1 Å². The van der Waals surface area contributed by atoms with E-state index in [1.165, 1.54) is 70.3 Å². The van der Waals surface area contributed by atoms with Crippen LogP contribution in [0.1, 0.15) is 95.6 Å². The third-order valence-electron chi connectivity index (χ3n) is 4.67. The van der Waals surface area contributed by atoms with E-state index in [4.69, 9.17) is 10.00 Å². The topological polar surface area (TPSA) is 33.0 Å². The summed E-state index contributed by atoms with van der Waals surface area (Å²) in [7, 11) is 0. The van der Waals surface area contributed by atoms with Crippen molar-refractivity contribution < 1.29 is 9.13 Å². The maximum absolute atomic E-state index is 13.8. The lowest BCUT2D eigenvalue weighted by Crippen LogP contribution is -2.09. The fourth-order valence-electron chi connectivity index (χ4n) is 2.97. The minimum atomic E-state index is -0.356. The molecule has 0 bridgehead atoms. The number of hydrogen-bond acceptors (Lipinski definition) is 2. The molecular formula is C22H34FNO.